The Balaban J connectivity index is 2.37. The van der Waals surface area contributed by atoms with Crippen molar-refractivity contribution in [3.05, 3.63) is 55.7 Å². The number of thiophene rings is 1. The smallest absolute Gasteiger partial charge is 0.113 e. The fraction of sp³-hybridized carbons (Fsp3) is 0.231. The molecule has 1 nitrogen and oxygen atoms in total. The van der Waals surface area contributed by atoms with Gasteiger partial charge in [-0.1, -0.05) is 29.3 Å². The van der Waals surface area contributed by atoms with E-state index in [4.69, 9.17) is 0 Å². The first-order chi connectivity index (χ1) is 7.56. The summed E-state index contributed by atoms with van der Waals surface area (Å²) in [7, 11) is 0. The normalized spacial score (nSPS) is 12.8. The van der Waals surface area contributed by atoms with Gasteiger partial charge in [-0.05, 0) is 47.5 Å². The van der Waals surface area contributed by atoms with Crippen LogP contribution < -0.4 is 0 Å². The van der Waals surface area contributed by atoms with Crippen LogP contribution in [-0.2, 0) is 0 Å². The molecule has 1 aromatic carbocycles. The first-order valence-electron chi connectivity index (χ1n) is 5.08. The summed E-state index contributed by atoms with van der Waals surface area (Å²) in [5, 5.41) is 10.2. The van der Waals surface area contributed by atoms with Gasteiger partial charge in [-0.15, -0.1) is 11.3 Å². The molecule has 0 amide bonds. The summed E-state index contributed by atoms with van der Waals surface area (Å²) in [5.74, 6) is 0. The molecule has 2 rings (SSSR count). The molecule has 1 atom stereocenters. The van der Waals surface area contributed by atoms with Crippen molar-refractivity contribution in [3.63, 3.8) is 0 Å². The van der Waals surface area contributed by atoms with Gasteiger partial charge in [0.25, 0.3) is 0 Å². The number of hydrogen-bond acceptors (Lipinski definition) is 2. The van der Waals surface area contributed by atoms with E-state index >= 15 is 0 Å². The number of rotatable bonds is 2. The minimum Gasteiger partial charge on any atom is -0.383 e. The van der Waals surface area contributed by atoms with Crippen molar-refractivity contribution in [1.29, 1.82) is 0 Å². The largest absolute Gasteiger partial charge is 0.383 e. The maximum atomic E-state index is 10.2. The lowest BCUT2D eigenvalue weighted by atomic mass is 10.0. The van der Waals surface area contributed by atoms with E-state index in [9.17, 15) is 5.11 Å². The highest BCUT2D eigenvalue weighted by Gasteiger charge is 2.13. The fourth-order valence-corrected chi connectivity index (χ4v) is 3.25. The van der Waals surface area contributed by atoms with Gasteiger partial charge in [-0.2, -0.15) is 0 Å². The standard InChI is InChI=1S/C13H13BrOS/c1-8-5-9(2)7-10(6-8)13(15)11-3-4-12(14)16-11/h3-7,13,15H,1-2H3. The Morgan fingerprint density at radius 2 is 1.75 bits per heavy atom. The van der Waals surface area contributed by atoms with Gasteiger partial charge >= 0.3 is 0 Å². The molecule has 0 aliphatic carbocycles. The molecule has 0 aliphatic heterocycles. The zero-order valence-electron chi connectivity index (χ0n) is 9.20. The van der Waals surface area contributed by atoms with Crippen molar-refractivity contribution < 1.29 is 5.11 Å². The molecule has 16 heavy (non-hydrogen) atoms. The highest BCUT2D eigenvalue weighted by molar-refractivity contribution is 9.11. The predicted molar refractivity (Wildman–Crippen MR) is 72.0 cm³/mol. The van der Waals surface area contributed by atoms with Gasteiger partial charge in [0.2, 0.25) is 0 Å². The molecule has 1 N–H and O–H groups in total. The van der Waals surface area contributed by atoms with Crippen LogP contribution in [0.4, 0.5) is 0 Å². The zero-order valence-corrected chi connectivity index (χ0v) is 11.6. The van der Waals surface area contributed by atoms with Crippen molar-refractivity contribution in [2.75, 3.05) is 0 Å². The van der Waals surface area contributed by atoms with Crippen LogP contribution in [0.3, 0.4) is 0 Å². The fourth-order valence-electron chi connectivity index (χ4n) is 1.81. The van der Waals surface area contributed by atoms with Crippen molar-refractivity contribution in [1.82, 2.24) is 0 Å². The third kappa shape index (κ3) is 2.54. The SMILES string of the molecule is Cc1cc(C)cc(C(O)c2ccc(Br)s2)c1. The van der Waals surface area contributed by atoms with Gasteiger partial charge in [0, 0.05) is 4.88 Å². The molecule has 84 valence electrons. The second kappa shape index (κ2) is 4.70. The molecular formula is C13H13BrOS. The lowest BCUT2D eigenvalue weighted by molar-refractivity contribution is 0.224. The first-order valence-corrected chi connectivity index (χ1v) is 6.69. The Morgan fingerprint density at radius 3 is 2.25 bits per heavy atom. The van der Waals surface area contributed by atoms with Gasteiger partial charge in [0.1, 0.15) is 6.10 Å². The molecule has 1 unspecified atom stereocenters. The summed E-state index contributed by atoms with van der Waals surface area (Å²) in [6, 6.07) is 10.1. The molecule has 0 spiro atoms. The van der Waals surface area contributed by atoms with Crippen LogP contribution in [-0.4, -0.2) is 5.11 Å². The van der Waals surface area contributed by atoms with E-state index in [1.54, 1.807) is 11.3 Å². The van der Waals surface area contributed by atoms with Crippen LogP contribution in [0.5, 0.6) is 0 Å². The Morgan fingerprint density at radius 1 is 1.12 bits per heavy atom. The molecule has 0 radical (unpaired) electrons. The summed E-state index contributed by atoms with van der Waals surface area (Å²) in [5.41, 5.74) is 3.33. The second-order valence-electron chi connectivity index (χ2n) is 3.97. The third-order valence-electron chi connectivity index (χ3n) is 2.42. The Bertz CT molecular complexity index is 484. The molecule has 1 heterocycles. The third-order valence-corrected chi connectivity index (χ3v) is 4.10. The lowest BCUT2D eigenvalue weighted by Crippen LogP contribution is -1.98. The van der Waals surface area contributed by atoms with E-state index in [1.165, 1.54) is 11.1 Å². The van der Waals surface area contributed by atoms with Crippen LogP contribution in [0.1, 0.15) is 27.7 Å². The minimum atomic E-state index is -0.519. The van der Waals surface area contributed by atoms with Crippen molar-refractivity contribution in [2.24, 2.45) is 0 Å². The van der Waals surface area contributed by atoms with E-state index in [2.05, 4.69) is 22.0 Å². The predicted octanol–water partition coefficient (Wildman–Crippen LogP) is 4.21. The summed E-state index contributed by atoms with van der Waals surface area (Å²) in [6.45, 7) is 4.10. The number of aliphatic hydroxyl groups is 1. The van der Waals surface area contributed by atoms with E-state index in [-0.39, 0.29) is 0 Å². The van der Waals surface area contributed by atoms with Crippen LogP contribution in [0.25, 0.3) is 0 Å². The zero-order chi connectivity index (χ0) is 11.7. The summed E-state index contributed by atoms with van der Waals surface area (Å²) in [6.07, 6.45) is -0.519. The molecule has 0 saturated heterocycles. The van der Waals surface area contributed by atoms with Crippen molar-refractivity contribution in [2.45, 2.75) is 20.0 Å². The number of benzene rings is 1. The average Bonchev–Trinajstić information content (AvgIpc) is 2.62. The monoisotopic (exact) mass is 296 g/mol. The molecular weight excluding hydrogens is 284 g/mol. The van der Waals surface area contributed by atoms with E-state index in [1.807, 2.05) is 38.1 Å². The number of halogens is 1. The van der Waals surface area contributed by atoms with E-state index in [0.29, 0.717) is 0 Å². The van der Waals surface area contributed by atoms with Crippen LogP contribution in [0.15, 0.2) is 34.1 Å². The average molecular weight is 297 g/mol. The lowest BCUT2D eigenvalue weighted by Gasteiger charge is -2.10. The van der Waals surface area contributed by atoms with Crippen LogP contribution in [0.2, 0.25) is 0 Å². The number of aliphatic hydroxyl groups excluding tert-OH is 1. The molecule has 1 aromatic heterocycles. The Hall–Kier alpha value is -0.640. The second-order valence-corrected chi connectivity index (χ2v) is 6.46. The van der Waals surface area contributed by atoms with Gasteiger partial charge in [0.05, 0.1) is 3.79 Å². The van der Waals surface area contributed by atoms with Crippen molar-refractivity contribution in [3.8, 4) is 0 Å². The first kappa shape index (κ1) is 11.8. The van der Waals surface area contributed by atoms with Crippen LogP contribution >= 0.6 is 27.3 Å². The summed E-state index contributed by atoms with van der Waals surface area (Å²) in [4.78, 5) is 0.969. The highest BCUT2D eigenvalue weighted by Crippen LogP contribution is 2.31. The van der Waals surface area contributed by atoms with Gasteiger partial charge in [-0.3, -0.25) is 0 Å². The molecule has 0 aliphatic rings. The Kier molecular flexibility index (Phi) is 3.47. The quantitative estimate of drug-likeness (QED) is 0.880. The molecule has 3 heteroatoms. The Labute approximate surface area is 108 Å². The minimum absolute atomic E-state index is 0.519. The summed E-state index contributed by atoms with van der Waals surface area (Å²) < 4.78 is 1.05. The molecule has 0 fully saturated rings. The maximum Gasteiger partial charge on any atom is 0.113 e. The van der Waals surface area contributed by atoms with Gasteiger partial charge in [0.15, 0.2) is 0 Å². The number of aryl methyl sites for hydroxylation is 2. The molecule has 0 bridgehead atoms. The van der Waals surface area contributed by atoms with Crippen molar-refractivity contribution >= 4 is 27.3 Å². The highest BCUT2D eigenvalue weighted by atomic mass is 79.9. The molecule has 2 aromatic rings. The topological polar surface area (TPSA) is 20.2 Å². The van der Waals surface area contributed by atoms with Gasteiger partial charge < -0.3 is 5.11 Å². The summed E-state index contributed by atoms with van der Waals surface area (Å²) >= 11 is 4.98. The number of hydrogen-bond donors (Lipinski definition) is 1. The maximum absolute atomic E-state index is 10.2. The van der Waals surface area contributed by atoms with Crippen LogP contribution in [0, 0.1) is 13.8 Å². The van der Waals surface area contributed by atoms with E-state index < -0.39 is 6.10 Å². The van der Waals surface area contributed by atoms with E-state index in [0.717, 1.165) is 14.2 Å². The molecule has 0 saturated carbocycles. The van der Waals surface area contributed by atoms with Gasteiger partial charge in [-0.25, -0.2) is 0 Å².